The monoisotopic (exact) mass is 247 g/mol. The van der Waals surface area contributed by atoms with Crippen molar-refractivity contribution in [2.24, 2.45) is 5.92 Å². The predicted molar refractivity (Wildman–Crippen MR) is 70.9 cm³/mol. The number of piperidine rings is 1. The molecule has 1 heterocycles. The molecule has 3 atom stereocenters. The van der Waals surface area contributed by atoms with Gasteiger partial charge < -0.3 is 10.0 Å². The molecule has 0 radical (unpaired) electrons. The van der Waals surface area contributed by atoms with Gasteiger partial charge in [0.15, 0.2) is 0 Å². The van der Waals surface area contributed by atoms with Crippen molar-refractivity contribution in [3.05, 3.63) is 35.9 Å². The lowest BCUT2D eigenvalue weighted by Crippen LogP contribution is -2.51. The van der Waals surface area contributed by atoms with E-state index in [2.05, 4.69) is 0 Å². The summed E-state index contributed by atoms with van der Waals surface area (Å²) < 4.78 is 0. The molecule has 0 saturated carbocycles. The number of likely N-dealkylation sites (tertiary alicyclic amines) is 1. The summed E-state index contributed by atoms with van der Waals surface area (Å²) >= 11 is 0. The van der Waals surface area contributed by atoms with Crippen molar-refractivity contribution in [3.8, 4) is 0 Å². The van der Waals surface area contributed by atoms with E-state index in [4.69, 9.17) is 0 Å². The highest BCUT2D eigenvalue weighted by molar-refractivity contribution is 5.80. The first kappa shape index (κ1) is 13.1. The zero-order valence-electron chi connectivity index (χ0n) is 11.0. The fraction of sp³-hybridized carbons (Fsp3) is 0.533. The molecular formula is C15H21NO2. The maximum Gasteiger partial charge on any atom is 0.228 e. The largest absolute Gasteiger partial charge is 0.392 e. The van der Waals surface area contributed by atoms with Crippen LogP contribution in [-0.2, 0) is 11.3 Å². The summed E-state index contributed by atoms with van der Waals surface area (Å²) in [6.07, 6.45) is 0.902. The lowest BCUT2D eigenvalue weighted by molar-refractivity contribution is -0.149. The first-order valence-corrected chi connectivity index (χ1v) is 6.66. The van der Waals surface area contributed by atoms with Crippen molar-refractivity contribution in [2.45, 2.75) is 45.4 Å². The number of amides is 1. The Hall–Kier alpha value is -1.35. The highest BCUT2D eigenvalue weighted by Gasteiger charge is 2.37. The van der Waals surface area contributed by atoms with Gasteiger partial charge in [-0.1, -0.05) is 37.3 Å². The van der Waals surface area contributed by atoms with Crippen LogP contribution in [0.25, 0.3) is 0 Å². The van der Waals surface area contributed by atoms with Crippen LogP contribution in [0.2, 0.25) is 0 Å². The minimum atomic E-state index is -0.482. The topological polar surface area (TPSA) is 40.5 Å². The van der Waals surface area contributed by atoms with Gasteiger partial charge in [0, 0.05) is 12.6 Å². The van der Waals surface area contributed by atoms with Crippen LogP contribution in [0.15, 0.2) is 30.3 Å². The van der Waals surface area contributed by atoms with E-state index in [1.807, 2.05) is 49.1 Å². The van der Waals surface area contributed by atoms with Crippen LogP contribution in [0.3, 0.4) is 0 Å². The van der Waals surface area contributed by atoms with Gasteiger partial charge in [0.2, 0.25) is 5.91 Å². The first-order valence-electron chi connectivity index (χ1n) is 6.66. The molecule has 0 spiro atoms. The van der Waals surface area contributed by atoms with Crippen molar-refractivity contribution in [2.75, 3.05) is 0 Å². The van der Waals surface area contributed by atoms with E-state index in [-0.39, 0.29) is 17.9 Å². The SMILES string of the molecule is CC[C@H]1C(=O)N(Cc2ccccc2)[C@H](C)C[C@@H]1O. The molecule has 2 rings (SSSR count). The Labute approximate surface area is 108 Å². The maximum atomic E-state index is 12.3. The molecule has 3 heteroatoms. The molecule has 1 saturated heterocycles. The van der Waals surface area contributed by atoms with Gasteiger partial charge in [0.1, 0.15) is 0 Å². The molecule has 18 heavy (non-hydrogen) atoms. The normalized spacial score (nSPS) is 28.5. The Morgan fingerprint density at radius 2 is 2.00 bits per heavy atom. The van der Waals surface area contributed by atoms with Gasteiger partial charge in [-0.3, -0.25) is 4.79 Å². The quantitative estimate of drug-likeness (QED) is 0.889. The lowest BCUT2D eigenvalue weighted by Gasteiger charge is -2.40. The van der Waals surface area contributed by atoms with Crippen molar-refractivity contribution in [1.29, 1.82) is 0 Å². The Morgan fingerprint density at radius 1 is 1.33 bits per heavy atom. The molecule has 0 aromatic heterocycles. The predicted octanol–water partition coefficient (Wildman–Crippen LogP) is 2.19. The summed E-state index contributed by atoms with van der Waals surface area (Å²) in [7, 11) is 0. The van der Waals surface area contributed by atoms with Crippen LogP contribution in [0.1, 0.15) is 32.3 Å². The van der Waals surface area contributed by atoms with Gasteiger partial charge >= 0.3 is 0 Å². The third kappa shape index (κ3) is 2.56. The zero-order chi connectivity index (χ0) is 13.1. The van der Waals surface area contributed by atoms with Gasteiger partial charge in [-0.2, -0.15) is 0 Å². The van der Waals surface area contributed by atoms with E-state index >= 15 is 0 Å². The van der Waals surface area contributed by atoms with E-state index in [0.29, 0.717) is 19.4 Å². The molecule has 1 aliphatic heterocycles. The Bertz CT molecular complexity index is 404. The molecule has 0 bridgehead atoms. The highest BCUT2D eigenvalue weighted by Crippen LogP contribution is 2.27. The van der Waals surface area contributed by atoms with Crippen molar-refractivity contribution in [3.63, 3.8) is 0 Å². The van der Waals surface area contributed by atoms with Gasteiger partial charge in [0.05, 0.1) is 12.0 Å². The van der Waals surface area contributed by atoms with Crippen molar-refractivity contribution < 1.29 is 9.90 Å². The third-order valence-corrected chi connectivity index (χ3v) is 3.81. The summed E-state index contributed by atoms with van der Waals surface area (Å²) in [6, 6.07) is 10.1. The Morgan fingerprint density at radius 3 is 2.61 bits per heavy atom. The summed E-state index contributed by atoms with van der Waals surface area (Å²) in [5, 5.41) is 9.95. The molecule has 0 aliphatic carbocycles. The van der Waals surface area contributed by atoms with Crippen LogP contribution in [-0.4, -0.2) is 28.1 Å². The van der Waals surface area contributed by atoms with Crippen LogP contribution in [0.5, 0.6) is 0 Å². The molecular weight excluding hydrogens is 226 g/mol. The minimum absolute atomic E-state index is 0.0904. The molecule has 0 unspecified atom stereocenters. The third-order valence-electron chi connectivity index (χ3n) is 3.81. The number of aliphatic hydroxyl groups is 1. The number of hydrogen-bond donors (Lipinski definition) is 1. The molecule has 1 aromatic carbocycles. The zero-order valence-corrected chi connectivity index (χ0v) is 11.0. The average molecular weight is 247 g/mol. The second kappa shape index (κ2) is 5.53. The second-order valence-electron chi connectivity index (χ2n) is 5.12. The van der Waals surface area contributed by atoms with Gasteiger partial charge in [-0.25, -0.2) is 0 Å². The van der Waals surface area contributed by atoms with E-state index in [9.17, 15) is 9.90 Å². The number of rotatable bonds is 3. The van der Waals surface area contributed by atoms with E-state index < -0.39 is 6.10 Å². The number of nitrogens with zero attached hydrogens (tertiary/aromatic N) is 1. The fourth-order valence-corrected chi connectivity index (χ4v) is 2.70. The molecule has 98 valence electrons. The lowest BCUT2D eigenvalue weighted by atomic mass is 9.87. The molecule has 1 fully saturated rings. The van der Waals surface area contributed by atoms with Crippen molar-refractivity contribution in [1.82, 2.24) is 4.90 Å². The number of hydrogen-bond acceptors (Lipinski definition) is 2. The highest BCUT2D eigenvalue weighted by atomic mass is 16.3. The van der Waals surface area contributed by atoms with Gasteiger partial charge in [0.25, 0.3) is 0 Å². The Kier molecular flexibility index (Phi) is 4.02. The average Bonchev–Trinajstić information content (AvgIpc) is 2.36. The molecule has 1 aromatic rings. The number of aliphatic hydroxyl groups excluding tert-OH is 1. The maximum absolute atomic E-state index is 12.3. The summed E-state index contributed by atoms with van der Waals surface area (Å²) in [6.45, 7) is 4.61. The summed E-state index contributed by atoms with van der Waals surface area (Å²) in [5.41, 5.74) is 1.14. The van der Waals surface area contributed by atoms with Crippen LogP contribution in [0.4, 0.5) is 0 Å². The number of carbonyl (C=O) groups is 1. The smallest absolute Gasteiger partial charge is 0.228 e. The molecule has 3 nitrogen and oxygen atoms in total. The second-order valence-corrected chi connectivity index (χ2v) is 5.12. The standard InChI is InChI=1S/C15H21NO2/c1-3-13-14(17)9-11(2)16(15(13)18)10-12-7-5-4-6-8-12/h4-8,11,13-14,17H,3,9-10H2,1-2H3/t11-,13-,14+/m1/s1. The van der Waals surface area contributed by atoms with Crippen molar-refractivity contribution >= 4 is 5.91 Å². The van der Waals surface area contributed by atoms with Crippen LogP contribution >= 0.6 is 0 Å². The minimum Gasteiger partial charge on any atom is -0.392 e. The van der Waals surface area contributed by atoms with E-state index in [0.717, 1.165) is 5.56 Å². The van der Waals surface area contributed by atoms with Crippen LogP contribution < -0.4 is 0 Å². The van der Waals surface area contributed by atoms with E-state index in [1.54, 1.807) is 0 Å². The number of benzene rings is 1. The molecule has 1 N–H and O–H groups in total. The fourth-order valence-electron chi connectivity index (χ4n) is 2.70. The summed E-state index contributed by atoms with van der Waals surface area (Å²) in [4.78, 5) is 14.2. The van der Waals surface area contributed by atoms with Gasteiger partial charge in [-0.05, 0) is 25.3 Å². The molecule has 1 aliphatic rings. The molecule has 1 amide bonds. The summed E-state index contributed by atoms with van der Waals surface area (Å²) in [5.74, 6) is -0.141. The Balaban J connectivity index is 2.13. The van der Waals surface area contributed by atoms with Gasteiger partial charge in [-0.15, -0.1) is 0 Å². The number of carbonyl (C=O) groups excluding carboxylic acids is 1. The van der Waals surface area contributed by atoms with E-state index in [1.165, 1.54) is 0 Å². The first-order chi connectivity index (χ1) is 8.63. The van der Waals surface area contributed by atoms with Crippen LogP contribution in [0, 0.1) is 5.92 Å².